The van der Waals surface area contributed by atoms with Crippen molar-refractivity contribution in [2.75, 3.05) is 25.6 Å². The molecule has 0 saturated carbocycles. The number of aliphatic imine (C=N–C) groups is 1. The number of hydrogen-bond acceptors (Lipinski definition) is 3. The average molecular weight is 437 g/mol. The van der Waals surface area contributed by atoms with Gasteiger partial charge in [-0.15, -0.1) is 0 Å². The molecule has 0 aliphatic carbocycles. The Morgan fingerprint density at radius 3 is 2.55 bits per heavy atom. The number of benzene rings is 3. The number of unbranched alkanes of at least 4 members (excludes halogenated alkanes) is 2. The van der Waals surface area contributed by atoms with Crippen LogP contribution in [0.4, 0.5) is 5.69 Å². The number of nitrogens with zero attached hydrogens (tertiary/aromatic N) is 2. The van der Waals surface area contributed by atoms with E-state index in [0.717, 1.165) is 64.2 Å². The van der Waals surface area contributed by atoms with Gasteiger partial charge in [0.1, 0.15) is 12.3 Å². The third-order valence-corrected chi connectivity index (χ3v) is 5.79. The zero-order chi connectivity index (χ0) is 23.2. The molecular weight excluding hydrogens is 408 g/mol. The van der Waals surface area contributed by atoms with E-state index in [4.69, 9.17) is 9.73 Å². The summed E-state index contributed by atoms with van der Waals surface area (Å²) in [7, 11) is 3.44. The summed E-state index contributed by atoms with van der Waals surface area (Å²) >= 11 is 0. The van der Waals surface area contributed by atoms with Gasteiger partial charge in [-0.05, 0) is 30.2 Å². The molecule has 1 amide bonds. The van der Waals surface area contributed by atoms with Gasteiger partial charge in [0.25, 0.3) is 0 Å². The van der Waals surface area contributed by atoms with Crippen LogP contribution in [0.15, 0.2) is 71.7 Å². The zero-order valence-corrected chi connectivity index (χ0v) is 19.4. The number of benzodiazepines with no additional fused rings is 1. The van der Waals surface area contributed by atoms with E-state index in [1.54, 1.807) is 19.1 Å². The first-order valence-corrected chi connectivity index (χ1v) is 11.3. The van der Waals surface area contributed by atoms with Crippen molar-refractivity contribution in [1.82, 2.24) is 0 Å². The molecule has 0 atom stereocenters. The molecule has 1 heterocycles. The fourth-order valence-corrected chi connectivity index (χ4v) is 3.94. The molecule has 4 heteroatoms. The maximum Gasteiger partial charge on any atom is 0.248 e. The van der Waals surface area contributed by atoms with Gasteiger partial charge in [-0.3, -0.25) is 9.79 Å². The van der Waals surface area contributed by atoms with E-state index in [1.165, 1.54) is 0 Å². The van der Waals surface area contributed by atoms with Crippen LogP contribution in [0.5, 0.6) is 5.75 Å². The Kier molecular flexibility index (Phi) is 6.90. The lowest BCUT2D eigenvalue weighted by atomic mass is 9.94. The Hall–Kier alpha value is -3.84. The minimum absolute atomic E-state index is 0.0590. The van der Waals surface area contributed by atoms with E-state index in [0.29, 0.717) is 0 Å². The number of likely N-dealkylation sites (N-methyl/N-ethyl adjacent to an activating group) is 1. The van der Waals surface area contributed by atoms with Crippen molar-refractivity contribution in [2.45, 2.75) is 26.2 Å². The standard InChI is InChI=1S/C29H28N2O2/c1-4-5-6-8-12-21-13-11-16-23(17-21)29-25-18-24(22-14-9-7-10-15-22)27(33-3)19-26(25)31(2)28(32)20-30-29/h7,9-11,13-19H,4-6,20H2,1-3H3. The van der Waals surface area contributed by atoms with Crippen LogP contribution in [-0.2, 0) is 4.79 Å². The molecule has 0 bridgehead atoms. The number of rotatable bonds is 5. The van der Waals surface area contributed by atoms with Crippen LogP contribution in [0.3, 0.4) is 0 Å². The third kappa shape index (κ3) is 4.83. The van der Waals surface area contributed by atoms with Crippen molar-refractivity contribution in [3.8, 4) is 28.7 Å². The molecule has 1 aliphatic heterocycles. The number of carbonyl (C=O) groups excluding carboxylic acids is 1. The van der Waals surface area contributed by atoms with Crippen LogP contribution < -0.4 is 9.64 Å². The molecule has 33 heavy (non-hydrogen) atoms. The van der Waals surface area contributed by atoms with Crippen LogP contribution in [0.1, 0.15) is 42.9 Å². The van der Waals surface area contributed by atoms with E-state index in [9.17, 15) is 4.79 Å². The molecule has 4 nitrogen and oxygen atoms in total. The van der Waals surface area contributed by atoms with Crippen molar-refractivity contribution < 1.29 is 9.53 Å². The Morgan fingerprint density at radius 1 is 1.00 bits per heavy atom. The summed E-state index contributed by atoms with van der Waals surface area (Å²) in [6.45, 7) is 2.26. The summed E-state index contributed by atoms with van der Waals surface area (Å²) in [4.78, 5) is 19.1. The van der Waals surface area contributed by atoms with Crippen molar-refractivity contribution in [2.24, 2.45) is 4.99 Å². The molecule has 0 spiro atoms. The number of fused-ring (bicyclic) bond motifs is 1. The monoisotopic (exact) mass is 436 g/mol. The summed E-state index contributed by atoms with van der Waals surface area (Å²) < 4.78 is 5.72. The first-order valence-electron chi connectivity index (χ1n) is 11.3. The molecule has 3 aromatic carbocycles. The molecule has 166 valence electrons. The van der Waals surface area contributed by atoms with E-state index < -0.39 is 0 Å². The van der Waals surface area contributed by atoms with Crippen molar-refractivity contribution in [1.29, 1.82) is 0 Å². The molecule has 0 aromatic heterocycles. The van der Waals surface area contributed by atoms with Gasteiger partial charge in [0.15, 0.2) is 0 Å². The summed E-state index contributed by atoms with van der Waals surface area (Å²) in [6.07, 6.45) is 3.13. The smallest absolute Gasteiger partial charge is 0.248 e. The molecule has 0 N–H and O–H groups in total. The summed E-state index contributed by atoms with van der Waals surface area (Å²) in [6, 6.07) is 22.2. The van der Waals surface area contributed by atoms with Gasteiger partial charge in [0.05, 0.1) is 18.5 Å². The Labute approximate surface area is 195 Å². The number of anilines is 1. The molecular formula is C29H28N2O2. The van der Waals surface area contributed by atoms with Crippen LogP contribution in [0, 0.1) is 11.8 Å². The molecule has 0 fully saturated rings. The van der Waals surface area contributed by atoms with Gasteiger partial charge in [-0.25, -0.2) is 0 Å². The first-order chi connectivity index (χ1) is 16.1. The number of carbonyl (C=O) groups is 1. The first kappa shape index (κ1) is 22.4. The quantitative estimate of drug-likeness (QED) is 0.379. The largest absolute Gasteiger partial charge is 0.496 e. The normalized spacial score (nSPS) is 12.9. The Morgan fingerprint density at radius 2 is 1.79 bits per heavy atom. The van der Waals surface area contributed by atoms with E-state index in [2.05, 4.69) is 43.0 Å². The maximum atomic E-state index is 12.7. The molecule has 1 aliphatic rings. The highest BCUT2D eigenvalue weighted by Crippen LogP contribution is 2.38. The molecule has 0 unspecified atom stereocenters. The summed E-state index contributed by atoms with van der Waals surface area (Å²) in [5, 5.41) is 0. The second-order valence-electron chi connectivity index (χ2n) is 8.04. The molecule has 0 saturated heterocycles. The minimum atomic E-state index is -0.0590. The van der Waals surface area contributed by atoms with Crippen molar-refractivity contribution >= 4 is 17.3 Å². The van der Waals surface area contributed by atoms with Gasteiger partial charge in [0.2, 0.25) is 5.91 Å². The Bertz CT molecular complexity index is 1250. The van der Waals surface area contributed by atoms with Crippen molar-refractivity contribution in [3.63, 3.8) is 0 Å². The topological polar surface area (TPSA) is 41.9 Å². The highest BCUT2D eigenvalue weighted by Gasteiger charge is 2.25. The van der Waals surface area contributed by atoms with Gasteiger partial charge < -0.3 is 9.64 Å². The van der Waals surface area contributed by atoms with E-state index in [-0.39, 0.29) is 12.5 Å². The molecule has 0 radical (unpaired) electrons. The Balaban J connectivity index is 1.86. The lowest BCUT2D eigenvalue weighted by Gasteiger charge is -2.21. The number of methoxy groups -OCH3 is 1. The SMILES string of the molecule is CCCCC#Cc1cccc(C2=NCC(=O)N(C)c3cc(OC)c(-c4ccccc4)cc32)c1. The minimum Gasteiger partial charge on any atom is -0.496 e. The molecule has 4 rings (SSSR count). The fourth-order valence-electron chi connectivity index (χ4n) is 3.94. The lowest BCUT2D eigenvalue weighted by molar-refractivity contribution is -0.116. The van der Waals surface area contributed by atoms with Gasteiger partial charge in [0, 0.05) is 41.8 Å². The zero-order valence-electron chi connectivity index (χ0n) is 19.4. The van der Waals surface area contributed by atoms with Gasteiger partial charge in [-0.2, -0.15) is 0 Å². The van der Waals surface area contributed by atoms with Crippen LogP contribution in [0.2, 0.25) is 0 Å². The van der Waals surface area contributed by atoms with Crippen LogP contribution in [-0.4, -0.2) is 32.3 Å². The fraction of sp³-hybridized carbons (Fsp3) is 0.241. The van der Waals surface area contributed by atoms with E-state index >= 15 is 0 Å². The third-order valence-electron chi connectivity index (χ3n) is 5.79. The summed E-state index contributed by atoms with van der Waals surface area (Å²) in [5.41, 5.74) is 6.39. The maximum absolute atomic E-state index is 12.7. The predicted molar refractivity (Wildman–Crippen MR) is 135 cm³/mol. The predicted octanol–water partition coefficient (Wildman–Crippen LogP) is 5.72. The van der Waals surface area contributed by atoms with Crippen LogP contribution >= 0.6 is 0 Å². The highest BCUT2D eigenvalue weighted by atomic mass is 16.5. The average Bonchev–Trinajstić information content (AvgIpc) is 2.98. The molecule has 3 aromatic rings. The second-order valence-corrected chi connectivity index (χ2v) is 8.04. The van der Waals surface area contributed by atoms with Crippen molar-refractivity contribution in [3.05, 3.63) is 83.4 Å². The van der Waals surface area contributed by atoms with E-state index in [1.807, 2.05) is 42.5 Å². The second kappa shape index (κ2) is 10.2. The lowest BCUT2D eigenvalue weighted by Crippen LogP contribution is -2.27. The highest BCUT2D eigenvalue weighted by molar-refractivity contribution is 6.20. The van der Waals surface area contributed by atoms with Crippen LogP contribution in [0.25, 0.3) is 11.1 Å². The number of amides is 1. The number of ether oxygens (including phenoxy) is 1. The van der Waals surface area contributed by atoms with Gasteiger partial charge in [-0.1, -0.05) is 67.6 Å². The van der Waals surface area contributed by atoms with Gasteiger partial charge >= 0.3 is 0 Å². The number of hydrogen-bond donors (Lipinski definition) is 0. The summed E-state index contributed by atoms with van der Waals surface area (Å²) in [5.74, 6) is 7.18.